The van der Waals surface area contributed by atoms with Crippen molar-refractivity contribution >= 4 is 46.5 Å². The molecule has 3 aliphatic rings. The molecule has 40 heavy (non-hydrogen) atoms. The van der Waals surface area contributed by atoms with Crippen molar-refractivity contribution in [3.05, 3.63) is 197 Å². The average Bonchev–Trinajstić information content (AvgIpc) is 3.04. The van der Waals surface area contributed by atoms with Gasteiger partial charge in [-0.1, -0.05) is 0 Å². The number of benzene rings is 6. The first kappa shape index (κ1) is 25.6. The minimum absolute atomic E-state index is 0.140. The fourth-order valence-electron chi connectivity index (χ4n) is 6.46. The molecule has 6 aromatic rings. The molecule has 0 fully saturated rings. The first-order valence-corrected chi connectivity index (χ1v) is 18.9. The van der Waals surface area contributed by atoms with Crippen LogP contribution in [-0.2, 0) is 4.31 Å². The van der Waals surface area contributed by atoms with Crippen molar-refractivity contribution < 1.29 is 0 Å². The van der Waals surface area contributed by atoms with E-state index in [1.807, 2.05) is 0 Å². The summed E-state index contributed by atoms with van der Waals surface area (Å²) in [6.45, 7) is 0. The van der Waals surface area contributed by atoms with Gasteiger partial charge in [-0.3, -0.25) is 0 Å². The molecule has 0 heterocycles. The summed E-state index contributed by atoms with van der Waals surface area (Å²) in [6, 6.07) is 59.6. The Morgan fingerprint density at radius 1 is 0.375 bits per heavy atom. The molecule has 0 amide bonds. The number of hydrogen-bond donors (Lipinski definition) is 0. The molecule has 0 unspecified atom stereocenters. The maximum absolute atomic E-state index is 3.55. The van der Waals surface area contributed by atoms with Gasteiger partial charge in [0.05, 0.1) is 0 Å². The van der Waals surface area contributed by atoms with Crippen molar-refractivity contribution in [3.8, 4) is 0 Å². The van der Waals surface area contributed by atoms with Crippen molar-refractivity contribution in [3.63, 3.8) is 0 Å². The summed E-state index contributed by atoms with van der Waals surface area (Å²) in [4.78, 5) is 0. The minimum atomic E-state index is -1.98. The van der Waals surface area contributed by atoms with Gasteiger partial charge in [0.1, 0.15) is 0 Å². The van der Waals surface area contributed by atoms with E-state index in [9.17, 15) is 0 Å². The molecule has 3 aliphatic carbocycles. The maximum atomic E-state index is 3.55. The van der Waals surface area contributed by atoms with Crippen LogP contribution in [0.2, 0.25) is 0 Å². The third-order valence-corrected chi connectivity index (χ3v) is 17.3. The second-order valence-electron chi connectivity index (χ2n) is 10.3. The van der Waals surface area contributed by atoms with E-state index in [0.29, 0.717) is 5.92 Å². The molecule has 0 aliphatic heterocycles. The third-order valence-electron chi connectivity index (χ3n) is 8.14. The molecule has 2 heteroatoms. The van der Waals surface area contributed by atoms with Crippen molar-refractivity contribution in [2.75, 3.05) is 0 Å². The zero-order valence-corrected chi connectivity index (χ0v) is 26.6. The third kappa shape index (κ3) is 4.29. The Morgan fingerprint density at radius 2 is 0.650 bits per heavy atom. The summed E-state index contributed by atoms with van der Waals surface area (Å²) >= 11 is 1.57. The van der Waals surface area contributed by atoms with Gasteiger partial charge < -0.3 is 0 Å². The van der Waals surface area contributed by atoms with Crippen molar-refractivity contribution in [2.45, 2.75) is 10.2 Å². The first-order valence-electron chi connectivity index (χ1n) is 13.8. The van der Waals surface area contributed by atoms with Gasteiger partial charge in [0, 0.05) is 0 Å². The van der Waals surface area contributed by atoms with E-state index in [2.05, 4.69) is 180 Å². The molecule has 0 N–H and O–H groups in total. The van der Waals surface area contributed by atoms with Gasteiger partial charge >= 0.3 is 254 Å². The molecule has 0 atom stereocenters. The van der Waals surface area contributed by atoms with Crippen LogP contribution in [0.5, 0.6) is 0 Å². The molecule has 190 valence electrons. The fourth-order valence-corrected chi connectivity index (χ4v) is 15.0. The van der Waals surface area contributed by atoms with Crippen molar-refractivity contribution in [1.29, 1.82) is 0 Å². The molecule has 0 aromatic heterocycles. The molecular weight excluding hydrogens is 654 g/mol. The molecule has 0 nitrogen and oxygen atoms in total. The van der Waals surface area contributed by atoms with Gasteiger partial charge in [0.2, 0.25) is 0 Å². The average molecular weight is 682 g/mol. The van der Waals surface area contributed by atoms with Crippen LogP contribution in [-0.4, -0.2) is 35.8 Å². The van der Waals surface area contributed by atoms with Crippen LogP contribution in [0.25, 0.3) is 0 Å². The summed E-state index contributed by atoms with van der Waals surface area (Å²) in [7, 11) is 0. The van der Waals surface area contributed by atoms with Gasteiger partial charge in [-0.15, -0.1) is 0 Å². The standard InChI is InChI=1S/C20H13Se.3C6H5.Sn/c21-20-16-10-4-1-7-13(16)19(14-8-2-5-11-17(14)20)15-9-3-6-12-18(15)20;3*1-2-4-6-5-3-1;/h1-12,19H;3*1-5H;. The van der Waals surface area contributed by atoms with Crippen molar-refractivity contribution in [2.24, 2.45) is 0 Å². The monoisotopic (exact) mass is 684 g/mol. The molecule has 9 rings (SSSR count). The van der Waals surface area contributed by atoms with Crippen LogP contribution in [0.15, 0.2) is 164 Å². The molecule has 2 bridgehead atoms. The second kappa shape index (κ2) is 10.9. The van der Waals surface area contributed by atoms with Crippen LogP contribution in [0, 0.1) is 0 Å². The number of hydrogen-bond acceptors (Lipinski definition) is 0. The van der Waals surface area contributed by atoms with Gasteiger partial charge in [0.15, 0.2) is 0 Å². The second-order valence-corrected chi connectivity index (χ2v) is 18.7. The quantitative estimate of drug-likeness (QED) is 0.197. The number of rotatable bonds is 3. The van der Waals surface area contributed by atoms with E-state index in [1.54, 1.807) is 0 Å². The summed E-state index contributed by atoms with van der Waals surface area (Å²) in [5.74, 6) is 0.379. The van der Waals surface area contributed by atoms with Crippen molar-refractivity contribution in [1.82, 2.24) is 0 Å². The summed E-state index contributed by atoms with van der Waals surface area (Å²) in [6.07, 6.45) is 0. The molecule has 0 spiro atoms. The Hall–Kier alpha value is -3.36. The van der Waals surface area contributed by atoms with Crippen LogP contribution < -0.4 is 10.7 Å². The Labute approximate surface area is 252 Å². The Morgan fingerprint density at radius 3 is 0.975 bits per heavy atom. The summed E-state index contributed by atoms with van der Waals surface area (Å²) < 4.78 is 4.45. The molecule has 2 radical (unpaired) electrons. The van der Waals surface area contributed by atoms with E-state index in [-0.39, 0.29) is 4.31 Å². The predicted octanol–water partition coefficient (Wildman–Crippen LogP) is 6.16. The molecule has 0 saturated heterocycles. The topological polar surface area (TPSA) is 0 Å². The van der Waals surface area contributed by atoms with E-state index >= 15 is 0 Å². The van der Waals surface area contributed by atoms with E-state index in [0.717, 1.165) is 0 Å². The Bertz CT molecular complexity index is 1550. The summed E-state index contributed by atoms with van der Waals surface area (Å²) in [5, 5.41) is 0. The SMILES string of the molecule is [Se]C12c3ccccc3C(c3ccccc31)c1ccccc12.c1cc[c]([Sn]([c]2ccccc2)[c]2ccccc2)cc1. The van der Waals surface area contributed by atoms with E-state index in [1.165, 1.54) is 44.1 Å². The van der Waals surface area contributed by atoms with E-state index in [4.69, 9.17) is 0 Å². The van der Waals surface area contributed by atoms with Gasteiger partial charge in [-0.2, -0.15) is 0 Å². The zero-order chi connectivity index (χ0) is 26.9. The summed E-state index contributed by atoms with van der Waals surface area (Å²) in [5.41, 5.74) is 8.63. The van der Waals surface area contributed by atoms with Gasteiger partial charge in [-0.25, -0.2) is 0 Å². The van der Waals surface area contributed by atoms with E-state index < -0.39 is 19.8 Å². The van der Waals surface area contributed by atoms with Gasteiger partial charge in [-0.05, 0) is 0 Å². The normalized spacial score (nSPS) is 17.7. The van der Waals surface area contributed by atoms with Crippen LogP contribution in [0.4, 0.5) is 0 Å². The molecular formula is C38H28SeSn. The molecule has 0 saturated carbocycles. The predicted molar refractivity (Wildman–Crippen MR) is 170 cm³/mol. The Kier molecular flexibility index (Phi) is 6.97. The van der Waals surface area contributed by atoms with Crippen LogP contribution in [0.3, 0.4) is 0 Å². The fraction of sp³-hybridized carbons (Fsp3) is 0.0526. The van der Waals surface area contributed by atoms with Gasteiger partial charge in [0.25, 0.3) is 0 Å². The first-order chi connectivity index (χ1) is 19.8. The Balaban J connectivity index is 0.000000133. The zero-order valence-electron chi connectivity index (χ0n) is 22.1. The van der Waals surface area contributed by atoms with Crippen LogP contribution >= 0.6 is 0 Å². The van der Waals surface area contributed by atoms with Crippen LogP contribution in [0.1, 0.15) is 39.3 Å². The molecule has 6 aromatic carbocycles.